The van der Waals surface area contributed by atoms with Crippen molar-refractivity contribution >= 4 is 21.7 Å². The number of nitrogens with one attached hydrogen (secondary N) is 1. The van der Waals surface area contributed by atoms with Gasteiger partial charge >= 0.3 is 5.76 Å². The number of rotatable bonds is 5. The second-order valence-corrected chi connectivity index (χ2v) is 8.72. The van der Waals surface area contributed by atoms with Gasteiger partial charge in [0.15, 0.2) is 5.76 Å². The van der Waals surface area contributed by atoms with E-state index in [1.807, 2.05) is 0 Å². The van der Waals surface area contributed by atoms with Crippen LogP contribution in [0.25, 0.3) is 0 Å². The van der Waals surface area contributed by atoms with Crippen LogP contribution in [0.2, 0.25) is 0 Å². The Morgan fingerprint density at radius 2 is 1.76 bits per heavy atom. The van der Waals surface area contributed by atoms with Gasteiger partial charge in [0.05, 0.1) is 11.2 Å². The minimum Gasteiger partial charge on any atom is -0.459 e. The fourth-order valence-corrected chi connectivity index (χ4v) is 3.88. The van der Waals surface area contributed by atoms with Gasteiger partial charge in [-0.25, -0.2) is 8.42 Å². The Labute approximate surface area is 166 Å². The van der Waals surface area contributed by atoms with Gasteiger partial charge in [0, 0.05) is 30.3 Å². The van der Waals surface area contributed by atoms with E-state index in [9.17, 15) is 26.8 Å². The smallest absolute Gasteiger partial charge is 0.341 e. The Morgan fingerprint density at radius 3 is 2.28 bits per heavy atom. The quantitative estimate of drug-likeness (QED) is 0.793. The van der Waals surface area contributed by atoms with Crippen LogP contribution in [0.4, 0.5) is 8.78 Å². The summed E-state index contributed by atoms with van der Waals surface area (Å²) in [4.78, 5) is 25.8. The van der Waals surface area contributed by atoms with E-state index in [1.165, 1.54) is 18.4 Å². The van der Waals surface area contributed by atoms with Crippen molar-refractivity contribution in [3.63, 3.8) is 0 Å². The van der Waals surface area contributed by atoms with E-state index in [2.05, 4.69) is 5.32 Å². The molecule has 0 unspecified atom stereocenters. The van der Waals surface area contributed by atoms with Gasteiger partial charge in [0.1, 0.15) is 0 Å². The van der Waals surface area contributed by atoms with Crippen LogP contribution >= 0.6 is 0 Å². The summed E-state index contributed by atoms with van der Waals surface area (Å²) in [5, 5.41) is 2.89. The fourth-order valence-electron chi connectivity index (χ4n) is 3.16. The summed E-state index contributed by atoms with van der Waals surface area (Å²) in [6, 6.07) is 6.07. The van der Waals surface area contributed by atoms with Crippen LogP contribution in [0.5, 0.6) is 0 Å². The minimum atomic E-state index is -4.69. The molecule has 0 bridgehead atoms. The molecule has 7 nitrogen and oxygen atoms in total. The number of halogens is 2. The Balaban J connectivity index is 1.57. The van der Waals surface area contributed by atoms with E-state index in [-0.39, 0.29) is 29.2 Å². The molecule has 2 aromatic rings. The SMILES string of the molecule is Cc1ccoc1C(=O)NC1CCN(C(=O)c2ccc(S(=O)(=O)C(F)F)cc2)CC1. The van der Waals surface area contributed by atoms with E-state index in [1.54, 1.807) is 17.9 Å². The highest BCUT2D eigenvalue weighted by molar-refractivity contribution is 7.91. The first kappa shape index (κ1) is 21.0. The maximum absolute atomic E-state index is 12.6. The number of nitrogens with zero attached hydrogens (tertiary/aromatic N) is 1. The van der Waals surface area contributed by atoms with Crippen LogP contribution in [0.3, 0.4) is 0 Å². The molecule has 1 aliphatic rings. The van der Waals surface area contributed by atoms with E-state index < -0.39 is 20.5 Å². The summed E-state index contributed by atoms with van der Waals surface area (Å²) in [5.41, 5.74) is 0.958. The number of benzene rings is 1. The molecule has 10 heteroatoms. The molecule has 2 heterocycles. The largest absolute Gasteiger partial charge is 0.459 e. The molecule has 1 aromatic heterocycles. The van der Waals surface area contributed by atoms with Crippen LogP contribution in [0, 0.1) is 6.92 Å². The number of alkyl halides is 2. The lowest BCUT2D eigenvalue weighted by Crippen LogP contribution is -2.46. The maximum atomic E-state index is 12.6. The highest BCUT2D eigenvalue weighted by Crippen LogP contribution is 2.20. The highest BCUT2D eigenvalue weighted by Gasteiger charge is 2.28. The van der Waals surface area contributed by atoms with Gasteiger partial charge in [-0.05, 0) is 50.1 Å². The van der Waals surface area contributed by atoms with Crippen molar-refractivity contribution in [1.82, 2.24) is 10.2 Å². The Bertz CT molecular complexity index is 994. The zero-order valence-corrected chi connectivity index (χ0v) is 16.4. The Kier molecular flexibility index (Phi) is 6.02. The zero-order valence-electron chi connectivity index (χ0n) is 15.6. The van der Waals surface area contributed by atoms with E-state index in [4.69, 9.17) is 4.42 Å². The lowest BCUT2D eigenvalue weighted by Gasteiger charge is -2.32. The summed E-state index contributed by atoms with van der Waals surface area (Å²) in [6.07, 6.45) is 2.55. The first-order valence-corrected chi connectivity index (χ1v) is 10.5. The van der Waals surface area contributed by atoms with Crippen molar-refractivity contribution in [2.45, 2.75) is 36.5 Å². The average molecular weight is 426 g/mol. The molecule has 3 rings (SSSR count). The fraction of sp³-hybridized carbons (Fsp3) is 0.368. The molecule has 1 aromatic carbocycles. The van der Waals surface area contributed by atoms with Crippen molar-refractivity contribution in [2.75, 3.05) is 13.1 Å². The normalized spacial score (nSPS) is 15.5. The second-order valence-electron chi connectivity index (χ2n) is 6.80. The molecule has 0 spiro atoms. The Hall–Kier alpha value is -2.75. The van der Waals surface area contributed by atoms with Crippen LogP contribution in [0.1, 0.15) is 39.3 Å². The van der Waals surface area contributed by atoms with E-state index in [0.717, 1.165) is 17.7 Å². The predicted molar refractivity (Wildman–Crippen MR) is 99.5 cm³/mol. The van der Waals surface area contributed by atoms with Crippen molar-refractivity contribution in [1.29, 1.82) is 0 Å². The van der Waals surface area contributed by atoms with Gasteiger partial charge in [-0.2, -0.15) is 8.78 Å². The lowest BCUT2D eigenvalue weighted by atomic mass is 10.0. The molecular formula is C19H20F2N2O5S. The second kappa shape index (κ2) is 8.32. The molecule has 1 N–H and O–H groups in total. The molecule has 1 saturated heterocycles. The third-order valence-electron chi connectivity index (χ3n) is 4.85. The highest BCUT2D eigenvalue weighted by atomic mass is 32.2. The monoisotopic (exact) mass is 426 g/mol. The van der Waals surface area contributed by atoms with Crippen LogP contribution in [0.15, 0.2) is 45.9 Å². The summed E-state index contributed by atoms with van der Waals surface area (Å²) >= 11 is 0. The number of aryl methyl sites for hydroxylation is 1. The van der Waals surface area contributed by atoms with Gasteiger partial charge in [0.25, 0.3) is 11.8 Å². The average Bonchev–Trinajstić information content (AvgIpc) is 3.14. The number of carbonyl (C=O) groups excluding carboxylic acids is 2. The van der Waals surface area contributed by atoms with Crippen molar-refractivity contribution in [2.24, 2.45) is 0 Å². The standard InChI is InChI=1S/C19H20F2N2O5S/c1-12-8-11-28-16(12)17(24)22-14-6-9-23(10-7-14)18(25)13-2-4-15(5-3-13)29(26,27)19(20)21/h2-5,8,11,14,19H,6-7,9-10H2,1H3,(H,22,24). The summed E-state index contributed by atoms with van der Waals surface area (Å²) in [5.74, 6) is -3.86. The van der Waals surface area contributed by atoms with Gasteiger partial charge in [-0.1, -0.05) is 0 Å². The number of hydrogen-bond acceptors (Lipinski definition) is 5. The van der Waals surface area contributed by atoms with E-state index >= 15 is 0 Å². The summed E-state index contributed by atoms with van der Waals surface area (Å²) in [7, 11) is -4.69. The Morgan fingerprint density at radius 1 is 1.14 bits per heavy atom. The molecule has 29 heavy (non-hydrogen) atoms. The molecule has 156 valence electrons. The number of piperidine rings is 1. The molecule has 2 amide bonds. The predicted octanol–water partition coefficient (Wildman–Crippen LogP) is 2.62. The van der Waals surface area contributed by atoms with Crippen LogP contribution in [-0.4, -0.2) is 50.0 Å². The van der Waals surface area contributed by atoms with Crippen molar-refractivity contribution < 1.29 is 31.2 Å². The third-order valence-corrected chi connectivity index (χ3v) is 6.25. The number of amides is 2. The molecule has 0 saturated carbocycles. The van der Waals surface area contributed by atoms with Gasteiger partial charge < -0.3 is 14.6 Å². The lowest BCUT2D eigenvalue weighted by molar-refractivity contribution is 0.0695. The molecular weight excluding hydrogens is 406 g/mol. The first-order chi connectivity index (χ1) is 13.7. The van der Waals surface area contributed by atoms with Gasteiger partial charge in [0.2, 0.25) is 9.84 Å². The third kappa shape index (κ3) is 4.47. The zero-order chi connectivity index (χ0) is 21.2. The van der Waals surface area contributed by atoms with Crippen molar-refractivity contribution in [3.05, 3.63) is 53.5 Å². The molecule has 1 fully saturated rings. The van der Waals surface area contributed by atoms with Crippen molar-refractivity contribution in [3.8, 4) is 0 Å². The van der Waals surface area contributed by atoms with Gasteiger partial charge in [-0.3, -0.25) is 9.59 Å². The number of carbonyl (C=O) groups is 2. The van der Waals surface area contributed by atoms with E-state index in [0.29, 0.717) is 25.9 Å². The topological polar surface area (TPSA) is 96.7 Å². The number of likely N-dealkylation sites (tertiary alicyclic amines) is 1. The molecule has 0 atom stereocenters. The summed E-state index contributed by atoms with van der Waals surface area (Å²) in [6.45, 7) is 2.58. The first-order valence-electron chi connectivity index (χ1n) is 8.96. The maximum Gasteiger partial charge on any atom is 0.341 e. The minimum absolute atomic E-state index is 0.102. The number of furan rings is 1. The molecule has 1 aliphatic heterocycles. The van der Waals surface area contributed by atoms with Crippen LogP contribution < -0.4 is 5.32 Å². The molecule has 0 aliphatic carbocycles. The summed E-state index contributed by atoms with van der Waals surface area (Å²) < 4.78 is 53.3. The number of hydrogen-bond donors (Lipinski definition) is 1. The van der Waals surface area contributed by atoms with Gasteiger partial charge in [-0.15, -0.1) is 0 Å². The van der Waals surface area contributed by atoms with Crippen LogP contribution in [-0.2, 0) is 9.84 Å². The molecule has 0 radical (unpaired) electrons. The number of sulfone groups is 1.